The number of rotatable bonds is 9. The molecule has 4 heteroatoms. The quantitative estimate of drug-likeness (QED) is 0.199. The summed E-state index contributed by atoms with van der Waals surface area (Å²) in [5.74, 6) is 2.22. The lowest BCUT2D eigenvalue weighted by molar-refractivity contribution is 0.112. The predicted molar refractivity (Wildman–Crippen MR) is 148 cm³/mol. The number of aldehydes is 1. The lowest BCUT2D eigenvalue weighted by Crippen LogP contribution is -2.00. The van der Waals surface area contributed by atoms with E-state index in [9.17, 15) is 4.79 Å². The lowest BCUT2D eigenvalue weighted by atomic mass is 9.89. The highest BCUT2D eigenvalue weighted by Crippen LogP contribution is 2.42. The van der Waals surface area contributed by atoms with E-state index >= 15 is 0 Å². The van der Waals surface area contributed by atoms with Crippen LogP contribution in [0.2, 0.25) is 0 Å². The van der Waals surface area contributed by atoms with Crippen LogP contribution in [0.5, 0.6) is 17.2 Å². The van der Waals surface area contributed by atoms with Crippen molar-refractivity contribution in [2.75, 3.05) is 7.11 Å². The van der Waals surface area contributed by atoms with Crippen LogP contribution in [-0.4, -0.2) is 13.4 Å². The van der Waals surface area contributed by atoms with Crippen molar-refractivity contribution in [1.82, 2.24) is 0 Å². The molecule has 0 fully saturated rings. The van der Waals surface area contributed by atoms with Crippen LogP contribution in [-0.2, 0) is 13.2 Å². The maximum absolute atomic E-state index is 12.4. The minimum absolute atomic E-state index is 0.463. The van der Waals surface area contributed by atoms with Gasteiger partial charge in [0.1, 0.15) is 30.5 Å². The summed E-state index contributed by atoms with van der Waals surface area (Å²) in [7, 11) is 1.66. The normalized spacial score (nSPS) is 10.8. The zero-order valence-electron chi connectivity index (χ0n) is 20.9. The molecule has 0 heterocycles. The molecule has 184 valence electrons. The smallest absolute Gasteiger partial charge is 0.151 e. The van der Waals surface area contributed by atoms with E-state index in [0.29, 0.717) is 18.8 Å². The molecule has 5 aromatic rings. The fourth-order valence-corrected chi connectivity index (χ4v) is 4.65. The van der Waals surface area contributed by atoms with Crippen LogP contribution < -0.4 is 14.2 Å². The van der Waals surface area contributed by atoms with E-state index in [0.717, 1.165) is 62.1 Å². The first-order chi connectivity index (χ1) is 18.2. The highest BCUT2D eigenvalue weighted by molar-refractivity contribution is 6.09. The zero-order chi connectivity index (χ0) is 25.6. The molecule has 0 aliphatic rings. The van der Waals surface area contributed by atoms with Gasteiger partial charge in [0.25, 0.3) is 0 Å². The molecule has 0 N–H and O–H groups in total. The maximum Gasteiger partial charge on any atom is 0.151 e. The average molecular weight is 489 g/mol. The fraction of sp³-hybridized carbons (Fsp3) is 0.121. The van der Waals surface area contributed by atoms with Gasteiger partial charge in [0.2, 0.25) is 0 Å². The topological polar surface area (TPSA) is 44.8 Å². The Morgan fingerprint density at radius 3 is 1.81 bits per heavy atom. The summed E-state index contributed by atoms with van der Waals surface area (Å²) >= 11 is 0. The van der Waals surface area contributed by atoms with Crippen LogP contribution in [0.4, 0.5) is 0 Å². The van der Waals surface area contributed by atoms with Gasteiger partial charge in [-0.2, -0.15) is 0 Å². The third-order valence-corrected chi connectivity index (χ3v) is 6.47. The molecule has 0 spiro atoms. The molecule has 0 saturated carbocycles. The van der Waals surface area contributed by atoms with Crippen LogP contribution >= 0.6 is 0 Å². The molecule has 0 aromatic heterocycles. The molecule has 5 aromatic carbocycles. The van der Waals surface area contributed by atoms with E-state index < -0.39 is 0 Å². The Kier molecular flexibility index (Phi) is 7.18. The Bertz CT molecular complexity index is 1510. The Morgan fingerprint density at radius 1 is 0.676 bits per heavy atom. The van der Waals surface area contributed by atoms with Gasteiger partial charge in [-0.3, -0.25) is 4.79 Å². The Morgan fingerprint density at radius 2 is 1.24 bits per heavy atom. The molecule has 0 aliphatic heterocycles. The molecular weight excluding hydrogens is 460 g/mol. The number of ether oxygens (including phenoxy) is 3. The van der Waals surface area contributed by atoms with Gasteiger partial charge in [0.05, 0.1) is 7.11 Å². The van der Waals surface area contributed by atoms with Crippen LogP contribution in [0, 0.1) is 6.92 Å². The highest BCUT2D eigenvalue weighted by atomic mass is 16.5. The Hall–Kier alpha value is -4.57. The number of carbonyl (C=O) groups is 1. The molecule has 0 saturated heterocycles. The molecule has 0 amide bonds. The van der Waals surface area contributed by atoms with Crippen LogP contribution in [0.15, 0.2) is 103 Å². The second kappa shape index (κ2) is 11.0. The molecule has 0 radical (unpaired) electrons. The molecule has 5 rings (SSSR count). The second-order valence-corrected chi connectivity index (χ2v) is 8.85. The van der Waals surface area contributed by atoms with Gasteiger partial charge >= 0.3 is 0 Å². The minimum Gasteiger partial charge on any atom is -0.496 e. The zero-order valence-corrected chi connectivity index (χ0v) is 20.9. The van der Waals surface area contributed by atoms with Crippen molar-refractivity contribution in [3.63, 3.8) is 0 Å². The van der Waals surface area contributed by atoms with Crippen molar-refractivity contribution in [3.8, 4) is 28.4 Å². The van der Waals surface area contributed by atoms with Crippen molar-refractivity contribution in [3.05, 3.63) is 125 Å². The van der Waals surface area contributed by atoms with Crippen LogP contribution in [0.3, 0.4) is 0 Å². The van der Waals surface area contributed by atoms with Crippen molar-refractivity contribution in [2.24, 2.45) is 0 Å². The number of carbonyl (C=O) groups excluding carboxylic acids is 1. The molecular formula is C33H28O4. The Balaban J connectivity index is 1.47. The van der Waals surface area contributed by atoms with Gasteiger partial charge in [-0.15, -0.1) is 0 Å². The Labute approximate surface area is 217 Å². The number of fused-ring (bicyclic) bond motifs is 1. The predicted octanol–water partition coefficient (Wildman–Crippen LogP) is 7.79. The van der Waals surface area contributed by atoms with Gasteiger partial charge in [0, 0.05) is 16.5 Å². The molecule has 37 heavy (non-hydrogen) atoms. The van der Waals surface area contributed by atoms with Gasteiger partial charge in [-0.05, 0) is 64.9 Å². The van der Waals surface area contributed by atoms with E-state index in [1.807, 2.05) is 110 Å². The number of hydrogen-bond acceptors (Lipinski definition) is 4. The molecule has 0 atom stereocenters. The van der Waals surface area contributed by atoms with Crippen molar-refractivity contribution < 1.29 is 19.0 Å². The highest BCUT2D eigenvalue weighted by Gasteiger charge is 2.19. The summed E-state index contributed by atoms with van der Waals surface area (Å²) in [4.78, 5) is 12.4. The summed E-state index contributed by atoms with van der Waals surface area (Å²) in [5.41, 5.74) is 5.50. The second-order valence-electron chi connectivity index (χ2n) is 8.85. The van der Waals surface area contributed by atoms with Crippen molar-refractivity contribution in [2.45, 2.75) is 20.1 Å². The standard InChI is InChI=1S/C33H28O4/c1-23-32(26-13-15-27(16-14-26)36-21-24-9-5-3-6-10-24)31(20-34)29-18-17-28(19-30(29)33(23)35-2)37-22-25-11-7-4-8-12-25/h3-20H,21-22H2,1-2H3. The monoisotopic (exact) mass is 488 g/mol. The fourth-order valence-electron chi connectivity index (χ4n) is 4.65. The largest absolute Gasteiger partial charge is 0.496 e. The summed E-state index contributed by atoms with van der Waals surface area (Å²) in [6.45, 7) is 2.94. The van der Waals surface area contributed by atoms with Crippen LogP contribution in [0.1, 0.15) is 27.0 Å². The molecule has 0 bridgehead atoms. The van der Waals surface area contributed by atoms with E-state index in [2.05, 4.69) is 0 Å². The van der Waals surface area contributed by atoms with Crippen molar-refractivity contribution >= 4 is 17.1 Å². The lowest BCUT2D eigenvalue weighted by Gasteiger charge is -2.19. The van der Waals surface area contributed by atoms with Crippen molar-refractivity contribution in [1.29, 1.82) is 0 Å². The maximum atomic E-state index is 12.4. The summed E-state index contributed by atoms with van der Waals surface area (Å²) < 4.78 is 17.8. The summed E-state index contributed by atoms with van der Waals surface area (Å²) in [5, 5.41) is 1.67. The van der Waals surface area contributed by atoms with E-state index in [4.69, 9.17) is 14.2 Å². The first kappa shape index (κ1) is 24.1. The summed E-state index contributed by atoms with van der Waals surface area (Å²) in [6.07, 6.45) is 0.925. The number of methoxy groups -OCH3 is 1. The third-order valence-electron chi connectivity index (χ3n) is 6.47. The van der Waals surface area contributed by atoms with Gasteiger partial charge in [-0.25, -0.2) is 0 Å². The van der Waals surface area contributed by atoms with E-state index in [1.165, 1.54) is 0 Å². The van der Waals surface area contributed by atoms with E-state index in [1.54, 1.807) is 7.11 Å². The number of benzene rings is 5. The average Bonchev–Trinajstić information content (AvgIpc) is 2.96. The van der Waals surface area contributed by atoms with E-state index in [-0.39, 0.29) is 0 Å². The first-order valence-corrected chi connectivity index (χ1v) is 12.2. The molecule has 4 nitrogen and oxygen atoms in total. The van der Waals surface area contributed by atoms with Gasteiger partial charge < -0.3 is 14.2 Å². The third kappa shape index (κ3) is 5.19. The van der Waals surface area contributed by atoms with Gasteiger partial charge in [-0.1, -0.05) is 72.8 Å². The van der Waals surface area contributed by atoms with Gasteiger partial charge in [0.15, 0.2) is 6.29 Å². The summed E-state index contributed by atoms with van der Waals surface area (Å²) in [6, 6.07) is 33.7. The number of hydrogen-bond donors (Lipinski definition) is 0. The minimum atomic E-state index is 0.463. The molecule has 0 unspecified atom stereocenters. The van der Waals surface area contributed by atoms with Crippen LogP contribution in [0.25, 0.3) is 21.9 Å². The SMILES string of the molecule is COc1c(C)c(-c2ccc(OCc3ccccc3)cc2)c(C=O)c2ccc(OCc3ccccc3)cc12. The first-order valence-electron chi connectivity index (χ1n) is 12.2. The molecule has 0 aliphatic carbocycles.